The van der Waals surface area contributed by atoms with E-state index in [9.17, 15) is 4.39 Å². The van der Waals surface area contributed by atoms with Crippen molar-refractivity contribution in [2.45, 2.75) is 31.9 Å². The van der Waals surface area contributed by atoms with Crippen molar-refractivity contribution >= 4 is 0 Å². The van der Waals surface area contributed by atoms with Crippen molar-refractivity contribution in [2.24, 2.45) is 11.8 Å². The molecule has 0 amide bonds. The predicted molar refractivity (Wildman–Crippen MR) is 48.4 cm³/mol. The largest absolute Gasteiger partial charge is 0.371 e. The second kappa shape index (κ2) is 4.11. The molecule has 2 heteroatoms. The Labute approximate surface area is 78.7 Å². The van der Waals surface area contributed by atoms with Crippen molar-refractivity contribution < 1.29 is 9.13 Å². The van der Waals surface area contributed by atoms with Crippen molar-refractivity contribution in [1.82, 2.24) is 0 Å². The first kappa shape index (κ1) is 9.02. The van der Waals surface area contributed by atoms with Gasteiger partial charge in [0.25, 0.3) is 0 Å². The van der Waals surface area contributed by atoms with E-state index < -0.39 is 6.17 Å². The van der Waals surface area contributed by atoms with E-state index in [-0.39, 0.29) is 5.92 Å². The fourth-order valence-corrected chi connectivity index (χ4v) is 1.56. The predicted octanol–water partition coefficient (Wildman–Crippen LogP) is 2.33. The molecule has 2 fully saturated rings. The summed E-state index contributed by atoms with van der Waals surface area (Å²) in [5.41, 5.74) is 0. The van der Waals surface area contributed by atoms with Crippen LogP contribution in [0.4, 0.5) is 4.39 Å². The number of alkyl halides is 1. The van der Waals surface area contributed by atoms with Crippen LogP contribution >= 0.6 is 0 Å². The lowest BCUT2D eigenvalue weighted by Crippen LogP contribution is -2.22. The van der Waals surface area contributed by atoms with Gasteiger partial charge in [0.15, 0.2) is 0 Å². The highest BCUT2D eigenvalue weighted by Gasteiger charge is 2.21. The first-order valence-electron chi connectivity index (χ1n) is 4.94. The van der Waals surface area contributed by atoms with Crippen LogP contribution in [0.2, 0.25) is 0 Å². The van der Waals surface area contributed by atoms with E-state index in [1.807, 2.05) is 0 Å². The minimum Gasteiger partial charge on any atom is -0.371 e. The maximum atomic E-state index is 12.8. The van der Waals surface area contributed by atoms with Gasteiger partial charge in [0.2, 0.25) is 0 Å². The Morgan fingerprint density at radius 1 is 1.23 bits per heavy atom. The van der Waals surface area contributed by atoms with Gasteiger partial charge in [-0.2, -0.15) is 0 Å². The maximum absolute atomic E-state index is 12.8. The monoisotopic (exact) mass is 181 g/mol. The Balaban J connectivity index is 1.80. The highest BCUT2D eigenvalue weighted by molar-refractivity contribution is 5.10. The summed E-state index contributed by atoms with van der Waals surface area (Å²) in [4.78, 5) is 0. The van der Waals surface area contributed by atoms with Crippen LogP contribution in [0.25, 0.3) is 0 Å². The minimum atomic E-state index is -0.922. The molecule has 71 valence electrons. The molecular weight excluding hydrogens is 167 g/mol. The third kappa shape index (κ3) is 2.45. The first-order valence-corrected chi connectivity index (χ1v) is 4.94. The topological polar surface area (TPSA) is 9.23 Å². The van der Waals surface area contributed by atoms with Crippen molar-refractivity contribution in [2.75, 3.05) is 6.61 Å². The molecule has 2 atom stereocenters. The smallest absolute Gasteiger partial charge is 0.130 e. The van der Waals surface area contributed by atoms with Gasteiger partial charge >= 0.3 is 0 Å². The molecule has 0 aromatic carbocycles. The SMILES string of the molecule is FC1[CH]OCC(C#CC2CCC2)C1. The molecule has 1 saturated heterocycles. The van der Waals surface area contributed by atoms with Crippen LogP contribution in [0.1, 0.15) is 25.7 Å². The van der Waals surface area contributed by atoms with Crippen molar-refractivity contribution in [1.29, 1.82) is 0 Å². The Morgan fingerprint density at radius 3 is 2.62 bits per heavy atom. The number of hydrogen-bond donors (Lipinski definition) is 0. The fourth-order valence-electron chi connectivity index (χ4n) is 1.56. The third-order valence-electron chi connectivity index (χ3n) is 2.65. The van der Waals surface area contributed by atoms with Crippen LogP contribution in [-0.2, 0) is 4.74 Å². The molecule has 1 aliphatic heterocycles. The quantitative estimate of drug-likeness (QED) is 0.521. The Kier molecular flexibility index (Phi) is 2.85. The molecular formula is C11H14FO. The highest BCUT2D eigenvalue weighted by atomic mass is 19.1. The zero-order chi connectivity index (χ0) is 9.10. The Bertz CT molecular complexity index is 224. The summed E-state index contributed by atoms with van der Waals surface area (Å²) in [7, 11) is 0. The zero-order valence-electron chi connectivity index (χ0n) is 7.63. The van der Waals surface area contributed by atoms with Crippen LogP contribution in [0.3, 0.4) is 0 Å². The maximum Gasteiger partial charge on any atom is 0.130 e. The molecule has 0 N–H and O–H groups in total. The summed E-state index contributed by atoms with van der Waals surface area (Å²) < 4.78 is 17.8. The normalized spacial score (nSPS) is 34.5. The highest BCUT2D eigenvalue weighted by Crippen LogP contribution is 2.26. The van der Waals surface area contributed by atoms with Crippen LogP contribution in [0.5, 0.6) is 0 Å². The second-order valence-corrected chi connectivity index (χ2v) is 3.83. The van der Waals surface area contributed by atoms with Gasteiger partial charge < -0.3 is 4.74 Å². The van der Waals surface area contributed by atoms with Gasteiger partial charge in [-0.1, -0.05) is 18.3 Å². The Hall–Kier alpha value is -0.550. The van der Waals surface area contributed by atoms with Crippen molar-refractivity contribution in [3.8, 4) is 11.8 Å². The van der Waals surface area contributed by atoms with Gasteiger partial charge in [-0.15, -0.1) is 0 Å². The molecule has 1 radical (unpaired) electrons. The summed E-state index contributed by atoms with van der Waals surface area (Å²) in [6, 6.07) is 0. The lowest BCUT2D eigenvalue weighted by atomic mass is 9.85. The van der Waals surface area contributed by atoms with E-state index in [2.05, 4.69) is 11.8 Å². The summed E-state index contributed by atoms with van der Waals surface area (Å²) in [5, 5.41) is 0. The van der Waals surface area contributed by atoms with Crippen LogP contribution < -0.4 is 0 Å². The van der Waals surface area contributed by atoms with Gasteiger partial charge in [0, 0.05) is 11.8 Å². The van der Waals surface area contributed by atoms with Gasteiger partial charge in [-0.25, -0.2) is 4.39 Å². The van der Waals surface area contributed by atoms with Gasteiger partial charge in [0.1, 0.15) is 12.8 Å². The number of rotatable bonds is 0. The molecule has 0 aromatic heterocycles. The van der Waals surface area contributed by atoms with Crippen LogP contribution in [-0.4, -0.2) is 12.8 Å². The summed E-state index contributed by atoms with van der Waals surface area (Å²) in [6.07, 6.45) is 3.35. The van der Waals surface area contributed by atoms with E-state index in [1.54, 1.807) is 0 Å². The number of halogens is 1. The van der Waals surface area contributed by atoms with Crippen molar-refractivity contribution in [3.63, 3.8) is 0 Å². The van der Waals surface area contributed by atoms with Gasteiger partial charge in [-0.05, 0) is 19.3 Å². The van der Waals surface area contributed by atoms with Gasteiger partial charge in [0.05, 0.1) is 6.61 Å². The molecule has 2 aliphatic rings. The molecule has 1 heterocycles. The van der Waals surface area contributed by atoms with E-state index in [0.29, 0.717) is 18.9 Å². The molecule has 2 unspecified atom stereocenters. The molecule has 0 bridgehead atoms. The van der Waals surface area contributed by atoms with Gasteiger partial charge in [-0.3, -0.25) is 0 Å². The summed E-state index contributed by atoms with van der Waals surface area (Å²) >= 11 is 0. The lowest BCUT2D eigenvalue weighted by molar-refractivity contribution is 0.0705. The van der Waals surface area contributed by atoms with E-state index >= 15 is 0 Å². The summed E-state index contributed by atoms with van der Waals surface area (Å²) in [6.45, 7) is 1.85. The third-order valence-corrected chi connectivity index (χ3v) is 2.65. The molecule has 1 saturated carbocycles. The van der Waals surface area contributed by atoms with Crippen molar-refractivity contribution in [3.05, 3.63) is 6.61 Å². The average Bonchev–Trinajstić information content (AvgIpc) is 2.01. The average molecular weight is 181 g/mol. The molecule has 1 nitrogen and oxygen atoms in total. The van der Waals surface area contributed by atoms with E-state index in [1.165, 1.54) is 25.9 Å². The van der Waals surface area contributed by atoms with E-state index in [0.717, 1.165) is 0 Å². The van der Waals surface area contributed by atoms with E-state index in [4.69, 9.17) is 4.74 Å². The minimum absolute atomic E-state index is 0.112. The molecule has 13 heavy (non-hydrogen) atoms. The standard InChI is InChI=1S/C11H14FO/c12-11-6-10(7-13-8-11)5-4-9-2-1-3-9/h8-11H,1-3,6-7H2. The van der Waals surface area contributed by atoms with Crippen LogP contribution in [0, 0.1) is 30.3 Å². The molecule has 1 aliphatic carbocycles. The first-order chi connectivity index (χ1) is 6.34. The molecule has 2 rings (SSSR count). The second-order valence-electron chi connectivity index (χ2n) is 3.83. The lowest BCUT2D eigenvalue weighted by Gasteiger charge is -2.22. The zero-order valence-corrected chi connectivity index (χ0v) is 7.63. The number of ether oxygens (including phenoxy) is 1. The molecule has 0 spiro atoms. The summed E-state index contributed by atoms with van der Waals surface area (Å²) in [5.74, 6) is 7.02. The Morgan fingerprint density at radius 2 is 2.00 bits per heavy atom. The number of hydrogen-bond acceptors (Lipinski definition) is 1. The molecule has 0 aromatic rings. The van der Waals surface area contributed by atoms with Crippen LogP contribution in [0.15, 0.2) is 0 Å². The fraction of sp³-hybridized carbons (Fsp3) is 0.727.